The summed E-state index contributed by atoms with van der Waals surface area (Å²) in [7, 11) is 1.50. The molecule has 0 fully saturated rings. The van der Waals surface area contributed by atoms with Crippen LogP contribution in [0.15, 0.2) is 0 Å². The van der Waals surface area contributed by atoms with Crippen LogP contribution >= 0.6 is 0 Å². The summed E-state index contributed by atoms with van der Waals surface area (Å²) in [5.41, 5.74) is 4.50. The van der Waals surface area contributed by atoms with E-state index in [1.54, 1.807) is 0 Å². The van der Waals surface area contributed by atoms with Crippen molar-refractivity contribution in [2.75, 3.05) is 7.05 Å². The Morgan fingerprint density at radius 2 is 0.400 bits per heavy atom. The molecule has 0 heterocycles. The van der Waals surface area contributed by atoms with E-state index in [4.69, 9.17) is 0 Å². The van der Waals surface area contributed by atoms with Crippen LogP contribution < -0.4 is 5.73 Å². The van der Waals surface area contributed by atoms with Crippen molar-refractivity contribution in [2.45, 2.75) is 55.4 Å². The number of hydrogen-bond acceptors (Lipinski definition) is 1. The molecule has 0 aliphatic rings. The first kappa shape index (κ1) is 32.5. The maximum Gasteiger partial charge on any atom is -0.0195 e. The van der Waals surface area contributed by atoms with E-state index in [0.717, 1.165) is 0 Å². The molecule has 0 saturated heterocycles. The van der Waals surface area contributed by atoms with Crippen LogP contribution in [0.25, 0.3) is 0 Å². The van der Waals surface area contributed by atoms with Gasteiger partial charge in [-0.1, -0.05) is 55.4 Å². The van der Waals surface area contributed by atoms with E-state index in [9.17, 15) is 0 Å². The lowest BCUT2D eigenvalue weighted by Crippen LogP contribution is -1.69. The molecule has 1 nitrogen and oxygen atoms in total. The molecule has 0 unspecified atom stereocenters. The number of hydrogen-bond donors (Lipinski definition) is 1. The van der Waals surface area contributed by atoms with E-state index in [2.05, 4.69) is 5.73 Å². The zero-order valence-corrected chi connectivity index (χ0v) is 9.58. The monoisotopic (exact) mass is 151 g/mol. The third-order valence-corrected chi connectivity index (χ3v) is 0. The van der Waals surface area contributed by atoms with Gasteiger partial charge in [0, 0.05) is 0 Å². The molecule has 0 spiro atoms. The van der Waals surface area contributed by atoms with Gasteiger partial charge < -0.3 is 5.73 Å². The van der Waals surface area contributed by atoms with Crippen LogP contribution in [0.5, 0.6) is 0 Å². The molecule has 2 N–H and O–H groups in total. The highest BCUT2D eigenvalue weighted by Crippen LogP contribution is 1.15. The van der Waals surface area contributed by atoms with Crippen molar-refractivity contribution in [3.8, 4) is 0 Å². The second-order valence-electron chi connectivity index (χ2n) is 0. The Balaban J connectivity index is -0.0000000104. The molecule has 0 saturated carbocycles. The molecule has 70 valence electrons. The predicted octanol–water partition coefficient (Wildman–Crippen LogP) is 3.68. The summed E-state index contributed by atoms with van der Waals surface area (Å²) < 4.78 is 0. The molecule has 0 aliphatic heterocycles. The molecule has 0 bridgehead atoms. The average Bonchev–Trinajstić information content (AvgIpc) is 2.20. The van der Waals surface area contributed by atoms with Crippen LogP contribution in [0.3, 0.4) is 0 Å². The Labute approximate surface area is 69.0 Å². The fraction of sp³-hybridized carbons (Fsp3) is 1.00. The van der Waals surface area contributed by atoms with Crippen LogP contribution in [-0.2, 0) is 0 Å². The summed E-state index contributed by atoms with van der Waals surface area (Å²) in [4.78, 5) is 0. The third-order valence-electron chi connectivity index (χ3n) is 0. The summed E-state index contributed by atoms with van der Waals surface area (Å²) in [6.07, 6.45) is 0. The predicted molar refractivity (Wildman–Crippen MR) is 55.5 cm³/mol. The molecule has 0 radical (unpaired) electrons. The molecule has 0 aromatic heterocycles. The Morgan fingerprint density at radius 3 is 0.400 bits per heavy atom. The van der Waals surface area contributed by atoms with Crippen LogP contribution in [0.4, 0.5) is 0 Å². The largest absolute Gasteiger partial charge is 0.333 e. The highest BCUT2D eigenvalue weighted by molar-refractivity contribution is 3.54. The first-order valence-corrected chi connectivity index (χ1v) is 4.58. The average molecular weight is 151 g/mol. The van der Waals surface area contributed by atoms with Crippen molar-refractivity contribution >= 4 is 0 Å². The van der Waals surface area contributed by atoms with Crippen LogP contribution in [0.2, 0.25) is 0 Å². The molecule has 0 atom stereocenters. The van der Waals surface area contributed by atoms with Crippen molar-refractivity contribution in [1.29, 1.82) is 0 Å². The number of rotatable bonds is 0. The fourth-order valence-electron chi connectivity index (χ4n) is 0. The molecular formula is C9H29N. The van der Waals surface area contributed by atoms with E-state index in [1.165, 1.54) is 7.05 Å². The quantitative estimate of drug-likeness (QED) is 0.561. The van der Waals surface area contributed by atoms with Crippen molar-refractivity contribution in [3.63, 3.8) is 0 Å². The lowest BCUT2D eigenvalue weighted by Gasteiger charge is -1.19. The van der Waals surface area contributed by atoms with Crippen molar-refractivity contribution in [3.05, 3.63) is 0 Å². The maximum absolute atomic E-state index is 4.50. The topological polar surface area (TPSA) is 26.0 Å². The minimum atomic E-state index is 1.50. The lowest BCUT2D eigenvalue weighted by atomic mass is 11.0. The van der Waals surface area contributed by atoms with Gasteiger partial charge in [-0.15, -0.1) is 0 Å². The molecule has 1 heteroatoms. The summed E-state index contributed by atoms with van der Waals surface area (Å²) >= 11 is 0. The zero-order valence-electron chi connectivity index (χ0n) is 9.58. The van der Waals surface area contributed by atoms with Gasteiger partial charge in [-0.3, -0.25) is 0 Å². The first-order valence-electron chi connectivity index (χ1n) is 4.58. The van der Waals surface area contributed by atoms with Gasteiger partial charge in [0.2, 0.25) is 0 Å². The third kappa shape index (κ3) is 241000. The minimum absolute atomic E-state index is 1.50. The van der Waals surface area contributed by atoms with Crippen LogP contribution in [0, 0.1) is 0 Å². The summed E-state index contributed by atoms with van der Waals surface area (Å²) in [6, 6.07) is 0. The van der Waals surface area contributed by atoms with Gasteiger partial charge >= 0.3 is 0 Å². The highest BCUT2D eigenvalue weighted by Gasteiger charge is 0.938. The Morgan fingerprint density at radius 1 is 0.400 bits per heavy atom. The van der Waals surface area contributed by atoms with Crippen LogP contribution in [0.1, 0.15) is 55.4 Å². The molecule has 10 heavy (non-hydrogen) atoms. The normalized spacial score (nSPS) is 3.00. The smallest absolute Gasteiger partial charge is 0.0195 e. The van der Waals surface area contributed by atoms with E-state index in [1.807, 2.05) is 55.4 Å². The van der Waals surface area contributed by atoms with E-state index in [0.29, 0.717) is 0 Å². The Bertz CT molecular complexity index is 4.69. The van der Waals surface area contributed by atoms with Crippen LogP contribution in [-0.4, -0.2) is 7.05 Å². The van der Waals surface area contributed by atoms with Gasteiger partial charge in [-0.2, -0.15) is 0 Å². The second-order valence-corrected chi connectivity index (χ2v) is 0. The fourth-order valence-corrected chi connectivity index (χ4v) is 0. The molecule has 0 aliphatic carbocycles. The van der Waals surface area contributed by atoms with Gasteiger partial charge in [-0.05, 0) is 7.05 Å². The van der Waals surface area contributed by atoms with Gasteiger partial charge in [0.25, 0.3) is 0 Å². The Kier molecular flexibility index (Phi) is 1150000. The SMILES string of the molecule is CC.CC.CC.CC.CN. The zero-order chi connectivity index (χ0) is 10.0. The molecule has 0 rings (SSSR count). The Hall–Kier alpha value is -0.0400. The van der Waals surface area contributed by atoms with Crippen molar-refractivity contribution in [1.82, 2.24) is 0 Å². The van der Waals surface area contributed by atoms with E-state index < -0.39 is 0 Å². The molecule has 0 aromatic carbocycles. The highest BCUT2D eigenvalue weighted by atomic mass is 14.4. The van der Waals surface area contributed by atoms with E-state index in [-0.39, 0.29) is 0 Å². The van der Waals surface area contributed by atoms with Gasteiger partial charge in [0.05, 0.1) is 0 Å². The standard InChI is InChI=1S/4C2H6.CH5N/c5*1-2/h4*1-2H3;2H2,1H3. The molecule has 0 amide bonds. The van der Waals surface area contributed by atoms with E-state index >= 15 is 0 Å². The second kappa shape index (κ2) is 355000. The molecular weight excluding hydrogens is 122 g/mol. The van der Waals surface area contributed by atoms with Gasteiger partial charge in [0.1, 0.15) is 0 Å². The van der Waals surface area contributed by atoms with Crippen molar-refractivity contribution in [2.24, 2.45) is 5.73 Å². The minimum Gasteiger partial charge on any atom is -0.333 e. The molecule has 0 aromatic rings. The lowest BCUT2D eigenvalue weighted by molar-refractivity contribution is 1.48. The first-order chi connectivity index (χ1) is 5.00. The maximum atomic E-state index is 4.50. The van der Waals surface area contributed by atoms with Crippen molar-refractivity contribution < 1.29 is 0 Å². The summed E-state index contributed by atoms with van der Waals surface area (Å²) in [5, 5.41) is 0. The summed E-state index contributed by atoms with van der Waals surface area (Å²) in [6.45, 7) is 16.0. The van der Waals surface area contributed by atoms with Gasteiger partial charge in [0.15, 0.2) is 0 Å². The summed E-state index contributed by atoms with van der Waals surface area (Å²) in [5.74, 6) is 0. The number of nitrogens with two attached hydrogens (primary N) is 1. The van der Waals surface area contributed by atoms with Gasteiger partial charge in [-0.25, -0.2) is 0 Å².